The van der Waals surface area contributed by atoms with Gasteiger partial charge in [-0.05, 0) is 49.9 Å². The van der Waals surface area contributed by atoms with E-state index in [0.717, 1.165) is 22.3 Å². The Hall–Kier alpha value is -2.86. The number of carbonyl (C=O) groups excluding carboxylic acids is 2. The maximum absolute atomic E-state index is 12.5. The second-order valence-electron chi connectivity index (χ2n) is 8.41. The van der Waals surface area contributed by atoms with Crippen molar-refractivity contribution in [2.45, 2.75) is 51.4 Å². The van der Waals surface area contributed by atoms with Gasteiger partial charge in [0.15, 0.2) is 6.04 Å². The largest absolute Gasteiger partial charge is 0.467 e. The van der Waals surface area contributed by atoms with Crippen molar-refractivity contribution in [1.82, 2.24) is 5.32 Å². The summed E-state index contributed by atoms with van der Waals surface area (Å²) in [6.45, 7) is 7.53. The van der Waals surface area contributed by atoms with Gasteiger partial charge in [-0.15, -0.1) is 0 Å². The molecule has 0 fully saturated rings. The Morgan fingerprint density at radius 3 is 2.03 bits per heavy atom. The highest BCUT2D eigenvalue weighted by Crippen LogP contribution is 2.44. The van der Waals surface area contributed by atoms with Crippen molar-refractivity contribution >= 4 is 12.1 Å². The number of hydrogen-bond acceptors (Lipinski definition) is 5. The molecular weight excluding hydrogens is 382 g/mol. The summed E-state index contributed by atoms with van der Waals surface area (Å²) < 4.78 is 16.2. The first-order valence-electron chi connectivity index (χ1n) is 10.1. The zero-order valence-corrected chi connectivity index (χ0v) is 18.1. The molecular formula is C24H29NO5. The fraction of sp³-hybridized carbons (Fsp3) is 0.417. The van der Waals surface area contributed by atoms with E-state index in [1.807, 2.05) is 45.0 Å². The standard InChI is InChI=1S/C24H29NO5/c1-15(30-24(2,3)4)21(22(26)28-5)25-23(27)29-14-20-18-12-8-6-10-16(18)17-11-7-9-13-19(17)20/h6-13,15,20-21H,14H2,1-5H3,(H,25,27)/t15-,21+/m1/s1. The number of fused-ring (bicyclic) bond motifs is 3. The Morgan fingerprint density at radius 2 is 1.53 bits per heavy atom. The van der Waals surface area contributed by atoms with Gasteiger partial charge in [-0.2, -0.15) is 0 Å². The molecule has 0 heterocycles. The van der Waals surface area contributed by atoms with E-state index in [9.17, 15) is 9.59 Å². The highest BCUT2D eigenvalue weighted by atomic mass is 16.6. The summed E-state index contributed by atoms with van der Waals surface area (Å²) >= 11 is 0. The first-order chi connectivity index (χ1) is 14.2. The van der Waals surface area contributed by atoms with E-state index in [4.69, 9.17) is 14.2 Å². The van der Waals surface area contributed by atoms with Crippen LogP contribution in [0.25, 0.3) is 11.1 Å². The quantitative estimate of drug-likeness (QED) is 0.719. The second kappa shape index (κ2) is 8.88. The average Bonchev–Trinajstić information content (AvgIpc) is 3.02. The second-order valence-corrected chi connectivity index (χ2v) is 8.41. The summed E-state index contributed by atoms with van der Waals surface area (Å²) in [6, 6.07) is 15.3. The Kier molecular flexibility index (Phi) is 6.46. The minimum atomic E-state index is -0.968. The zero-order valence-electron chi connectivity index (χ0n) is 18.1. The number of nitrogens with one attached hydrogen (secondary N) is 1. The summed E-state index contributed by atoms with van der Waals surface area (Å²) in [5.41, 5.74) is 4.08. The van der Waals surface area contributed by atoms with Gasteiger partial charge in [0.1, 0.15) is 6.61 Å². The molecule has 0 unspecified atom stereocenters. The number of amides is 1. The Labute approximate surface area is 177 Å². The van der Waals surface area contributed by atoms with Crippen LogP contribution in [0, 0.1) is 0 Å². The third kappa shape index (κ3) is 4.82. The smallest absolute Gasteiger partial charge is 0.407 e. The van der Waals surface area contributed by atoms with E-state index in [-0.39, 0.29) is 12.5 Å². The molecule has 6 heteroatoms. The molecule has 0 radical (unpaired) electrons. The predicted octanol–water partition coefficient (Wildman–Crippen LogP) is 4.27. The van der Waals surface area contributed by atoms with Crippen molar-refractivity contribution in [2.75, 3.05) is 13.7 Å². The molecule has 2 aromatic rings. The molecule has 30 heavy (non-hydrogen) atoms. The lowest BCUT2D eigenvalue weighted by Gasteiger charge is -2.29. The minimum absolute atomic E-state index is 0.0528. The Bertz CT molecular complexity index is 872. The number of esters is 1. The summed E-state index contributed by atoms with van der Waals surface area (Å²) in [7, 11) is 1.28. The first-order valence-corrected chi connectivity index (χ1v) is 10.1. The zero-order chi connectivity index (χ0) is 21.9. The Balaban J connectivity index is 1.69. The molecule has 1 N–H and O–H groups in total. The van der Waals surface area contributed by atoms with Crippen LogP contribution in [0.5, 0.6) is 0 Å². The van der Waals surface area contributed by atoms with E-state index >= 15 is 0 Å². The number of benzene rings is 2. The van der Waals surface area contributed by atoms with E-state index in [2.05, 4.69) is 29.6 Å². The molecule has 3 rings (SSSR count). The molecule has 0 aromatic heterocycles. The number of carbonyl (C=O) groups is 2. The summed E-state index contributed by atoms with van der Waals surface area (Å²) in [5.74, 6) is -0.636. The SMILES string of the molecule is COC(=O)[C@@H](NC(=O)OCC1c2ccccc2-c2ccccc21)[C@@H](C)OC(C)(C)C. The molecule has 6 nitrogen and oxygen atoms in total. The van der Waals surface area contributed by atoms with Gasteiger partial charge in [0.2, 0.25) is 0 Å². The van der Waals surface area contributed by atoms with Crippen LogP contribution >= 0.6 is 0 Å². The Morgan fingerprint density at radius 1 is 1.00 bits per heavy atom. The lowest BCUT2D eigenvalue weighted by Crippen LogP contribution is -2.51. The lowest BCUT2D eigenvalue weighted by atomic mass is 9.98. The van der Waals surface area contributed by atoms with Crippen LogP contribution in [0.2, 0.25) is 0 Å². The monoisotopic (exact) mass is 411 g/mol. The summed E-state index contributed by atoms with van der Waals surface area (Å²) in [4.78, 5) is 24.7. The van der Waals surface area contributed by atoms with Crippen LogP contribution in [0.1, 0.15) is 44.7 Å². The third-order valence-corrected chi connectivity index (χ3v) is 5.08. The van der Waals surface area contributed by atoms with Gasteiger partial charge in [-0.25, -0.2) is 9.59 Å². The fourth-order valence-electron chi connectivity index (χ4n) is 3.89. The fourth-order valence-corrected chi connectivity index (χ4v) is 3.89. The van der Waals surface area contributed by atoms with Gasteiger partial charge < -0.3 is 19.5 Å². The van der Waals surface area contributed by atoms with E-state index in [1.165, 1.54) is 7.11 Å². The van der Waals surface area contributed by atoms with Crippen molar-refractivity contribution in [3.8, 4) is 11.1 Å². The van der Waals surface area contributed by atoms with Gasteiger partial charge in [0.05, 0.1) is 18.8 Å². The molecule has 2 aromatic carbocycles. The highest BCUT2D eigenvalue weighted by molar-refractivity contribution is 5.82. The normalized spacial score (nSPS) is 15.0. The molecule has 1 amide bonds. The van der Waals surface area contributed by atoms with Crippen LogP contribution in [-0.2, 0) is 19.0 Å². The van der Waals surface area contributed by atoms with Crippen molar-refractivity contribution in [2.24, 2.45) is 0 Å². The van der Waals surface area contributed by atoms with Gasteiger partial charge in [-0.3, -0.25) is 0 Å². The van der Waals surface area contributed by atoms with E-state index in [1.54, 1.807) is 6.92 Å². The molecule has 0 bridgehead atoms. The summed E-state index contributed by atoms with van der Waals surface area (Å²) in [6.07, 6.45) is -1.27. The number of methoxy groups -OCH3 is 1. The molecule has 2 atom stereocenters. The number of alkyl carbamates (subject to hydrolysis) is 1. The molecule has 1 aliphatic rings. The molecule has 160 valence electrons. The number of hydrogen-bond donors (Lipinski definition) is 1. The number of ether oxygens (including phenoxy) is 3. The van der Waals surface area contributed by atoms with Gasteiger partial charge in [0, 0.05) is 5.92 Å². The van der Waals surface area contributed by atoms with E-state index in [0.29, 0.717) is 0 Å². The molecule has 1 aliphatic carbocycles. The highest BCUT2D eigenvalue weighted by Gasteiger charge is 2.33. The lowest BCUT2D eigenvalue weighted by molar-refractivity contribution is -0.150. The van der Waals surface area contributed by atoms with Crippen molar-refractivity contribution in [3.63, 3.8) is 0 Å². The predicted molar refractivity (Wildman–Crippen MR) is 114 cm³/mol. The minimum Gasteiger partial charge on any atom is -0.467 e. The van der Waals surface area contributed by atoms with Crippen LogP contribution in [0.15, 0.2) is 48.5 Å². The number of rotatable bonds is 6. The first kappa shape index (κ1) is 21.8. The topological polar surface area (TPSA) is 73.9 Å². The molecule has 0 saturated carbocycles. The van der Waals surface area contributed by atoms with Crippen LogP contribution in [0.4, 0.5) is 4.79 Å². The van der Waals surface area contributed by atoms with Crippen molar-refractivity contribution < 1.29 is 23.8 Å². The molecule has 0 saturated heterocycles. The average molecular weight is 411 g/mol. The molecule has 0 aliphatic heterocycles. The van der Waals surface area contributed by atoms with Crippen LogP contribution in [0.3, 0.4) is 0 Å². The maximum Gasteiger partial charge on any atom is 0.407 e. The summed E-state index contributed by atoms with van der Waals surface area (Å²) in [5, 5.41) is 2.60. The maximum atomic E-state index is 12.5. The van der Waals surface area contributed by atoms with Gasteiger partial charge >= 0.3 is 12.1 Å². The van der Waals surface area contributed by atoms with Crippen LogP contribution in [-0.4, -0.2) is 43.5 Å². The third-order valence-electron chi connectivity index (χ3n) is 5.08. The van der Waals surface area contributed by atoms with Gasteiger partial charge in [-0.1, -0.05) is 48.5 Å². The van der Waals surface area contributed by atoms with Crippen molar-refractivity contribution in [1.29, 1.82) is 0 Å². The van der Waals surface area contributed by atoms with E-state index < -0.39 is 29.8 Å². The molecule has 0 spiro atoms. The van der Waals surface area contributed by atoms with Gasteiger partial charge in [0.25, 0.3) is 0 Å². The van der Waals surface area contributed by atoms with Crippen LogP contribution < -0.4 is 5.32 Å². The van der Waals surface area contributed by atoms with Crippen molar-refractivity contribution in [3.05, 3.63) is 59.7 Å².